The highest BCUT2D eigenvalue weighted by atomic mass is 15.3. The normalized spacial score (nSPS) is 11.9. The second kappa shape index (κ2) is 5.93. The Morgan fingerprint density at radius 3 is 2.33 bits per heavy atom. The van der Waals surface area contributed by atoms with Crippen LogP contribution >= 0.6 is 0 Å². The highest BCUT2D eigenvalue weighted by Crippen LogP contribution is 2.16. The van der Waals surface area contributed by atoms with Crippen LogP contribution in [0, 0.1) is 13.8 Å². The van der Waals surface area contributed by atoms with E-state index in [-0.39, 0.29) is 5.54 Å². The van der Waals surface area contributed by atoms with Crippen molar-refractivity contribution in [2.24, 2.45) is 0 Å². The summed E-state index contributed by atoms with van der Waals surface area (Å²) in [7, 11) is 0. The summed E-state index contributed by atoms with van der Waals surface area (Å²) in [6.07, 6.45) is 4.59. The van der Waals surface area contributed by atoms with E-state index in [2.05, 4.69) is 55.0 Å². The lowest BCUT2D eigenvalue weighted by Gasteiger charge is -2.20. The van der Waals surface area contributed by atoms with Crippen LogP contribution in [-0.4, -0.2) is 25.3 Å². The van der Waals surface area contributed by atoms with Crippen LogP contribution in [0.4, 0.5) is 0 Å². The summed E-state index contributed by atoms with van der Waals surface area (Å²) in [6.45, 7) is 13.4. The molecule has 2 rings (SSSR count). The van der Waals surface area contributed by atoms with E-state index < -0.39 is 0 Å². The molecule has 0 aliphatic rings. The Kier molecular flexibility index (Phi) is 4.42. The van der Waals surface area contributed by atoms with Gasteiger partial charge in [-0.3, -0.25) is 4.98 Å². The number of aromatic nitrogens is 4. The molecule has 0 aliphatic carbocycles. The van der Waals surface area contributed by atoms with Crippen LogP contribution in [0.25, 0.3) is 5.82 Å². The third-order valence-corrected chi connectivity index (χ3v) is 3.50. The number of rotatable bonds is 4. The van der Waals surface area contributed by atoms with Crippen molar-refractivity contribution in [1.29, 1.82) is 0 Å². The van der Waals surface area contributed by atoms with Crippen molar-refractivity contribution in [3.05, 3.63) is 35.0 Å². The Bertz CT molecular complexity index is 605. The molecule has 5 heteroatoms. The van der Waals surface area contributed by atoms with Crippen molar-refractivity contribution < 1.29 is 0 Å². The Morgan fingerprint density at radius 1 is 1.14 bits per heavy atom. The van der Waals surface area contributed by atoms with Gasteiger partial charge < -0.3 is 5.32 Å². The minimum absolute atomic E-state index is 0.0755. The van der Waals surface area contributed by atoms with E-state index in [1.807, 2.05) is 17.8 Å². The number of nitrogens with one attached hydrogen (secondary N) is 1. The van der Waals surface area contributed by atoms with Gasteiger partial charge in [0.15, 0.2) is 5.82 Å². The van der Waals surface area contributed by atoms with Gasteiger partial charge in [-0.15, -0.1) is 0 Å². The van der Waals surface area contributed by atoms with E-state index in [1.54, 1.807) is 6.20 Å². The van der Waals surface area contributed by atoms with E-state index in [1.165, 1.54) is 5.56 Å². The molecule has 0 spiro atoms. The van der Waals surface area contributed by atoms with Gasteiger partial charge in [-0.05, 0) is 46.6 Å². The van der Waals surface area contributed by atoms with Crippen LogP contribution in [0.2, 0.25) is 0 Å². The van der Waals surface area contributed by atoms with Crippen molar-refractivity contribution in [2.45, 2.75) is 60.0 Å². The monoisotopic (exact) mass is 287 g/mol. The molecule has 21 heavy (non-hydrogen) atoms. The molecule has 0 unspecified atom stereocenters. The Labute approximate surface area is 126 Å². The van der Waals surface area contributed by atoms with Crippen molar-refractivity contribution in [3.63, 3.8) is 0 Å². The predicted molar refractivity (Wildman–Crippen MR) is 84.6 cm³/mol. The minimum atomic E-state index is 0.0755. The molecule has 0 aliphatic heterocycles. The van der Waals surface area contributed by atoms with Gasteiger partial charge in [-0.1, -0.05) is 6.92 Å². The van der Waals surface area contributed by atoms with Gasteiger partial charge in [-0.2, -0.15) is 5.10 Å². The summed E-state index contributed by atoms with van der Waals surface area (Å²) in [6, 6.07) is 0. The molecule has 1 N–H and O–H groups in total. The van der Waals surface area contributed by atoms with Crippen LogP contribution in [0.3, 0.4) is 0 Å². The molecule has 0 saturated carbocycles. The largest absolute Gasteiger partial charge is 0.306 e. The van der Waals surface area contributed by atoms with E-state index in [4.69, 9.17) is 0 Å². The first kappa shape index (κ1) is 15.6. The molecule has 0 saturated heterocycles. The van der Waals surface area contributed by atoms with Gasteiger partial charge in [0.05, 0.1) is 23.8 Å². The van der Waals surface area contributed by atoms with Gasteiger partial charge in [0.25, 0.3) is 0 Å². The van der Waals surface area contributed by atoms with Crippen molar-refractivity contribution in [2.75, 3.05) is 0 Å². The Hall–Kier alpha value is -1.75. The second-order valence-corrected chi connectivity index (χ2v) is 6.38. The fourth-order valence-corrected chi connectivity index (χ4v) is 2.31. The maximum atomic E-state index is 4.56. The molecule has 0 bridgehead atoms. The molecule has 0 atom stereocenters. The number of hydrogen-bond acceptors (Lipinski definition) is 4. The first-order valence-electron chi connectivity index (χ1n) is 7.43. The van der Waals surface area contributed by atoms with Crippen LogP contribution in [-0.2, 0) is 13.0 Å². The van der Waals surface area contributed by atoms with Gasteiger partial charge in [0.2, 0.25) is 0 Å². The average Bonchev–Trinajstić information content (AvgIpc) is 2.71. The zero-order valence-corrected chi connectivity index (χ0v) is 13.9. The Balaban J connectivity index is 2.19. The van der Waals surface area contributed by atoms with E-state index in [0.717, 1.165) is 29.3 Å². The lowest BCUT2D eigenvalue weighted by atomic mass is 10.1. The second-order valence-electron chi connectivity index (χ2n) is 6.38. The van der Waals surface area contributed by atoms with Crippen LogP contribution in [0.5, 0.6) is 0 Å². The lowest BCUT2D eigenvalue weighted by molar-refractivity contribution is 0.421. The van der Waals surface area contributed by atoms with Gasteiger partial charge >= 0.3 is 0 Å². The fraction of sp³-hybridized carbons (Fsp3) is 0.562. The maximum absolute atomic E-state index is 4.56. The number of nitrogens with zero attached hydrogens (tertiary/aromatic N) is 4. The molecule has 2 aromatic heterocycles. The average molecular weight is 287 g/mol. The fourth-order valence-electron chi connectivity index (χ4n) is 2.31. The first-order chi connectivity index (χ1) is 9.81. The molecule has 0 fully saturated rings. The van der Waals surface area contributed by atoms with Crippen molar-refractivity contribution in [1.82, 2.24) is 25.1 Å². The molecule has 0 amide bonds. The molecule has 2 heterocycles. The predicted octanol–water partition coefficient (Wildman–Crippen LogP) is 2.73. The summed E-state index contributed by atoms with van der Waals surface area (Å²) < 4.78 is 1.88. The number of aryl methyl sites for hydroxylation is 1. The standard InChI is InChI=1S/C16H25N5/c1-7-14-11(2)20-21(12(14)3)15-10-17-13(8-18-15)9-19-16(4,5)6/h8,10,19H,7,9H2,1-6H3. The molecular weight excluding hydrogens is 262 g/mol. The molecule has 5 nitrogen and oxygen atoms in total. The topological polar surface area (TPSA) is 55.6 Å². The first-order valence-corrected chi connectivity index (χ1v) is 7.43. The van der Waals surface area contributed by atoms with Gasteiger partial charge in [0.1, 0.15) is 0 Å². The number of hydrogen-bond donors (Lipinski definition) is 1. The summed E-state index contributed by atoms with van der Waals surface area (Å²) >= 11 is 0. The van der Waals surface area contributed by atoms with Crippen molar-refractivity contribution in [3.8, 4) is 5.82 Å². The van der Waals surface area contributed by atoms with E-state index >= 15 is 0 Å². The molecule has 0 radical (unpaired) electrons. The van der Waals surface area contributed by atoms with E-state index in [0.29, 0.717) is 6.54 Å². The molecule has 114 valence electrons. The van der Waals surface area contributed by atoms with E-state index in [9.17, 15) is 0 Å². The maximum Gasteiger partial charge on any atom is 0.172 e. The zero-order valence-electron chi connectivity index (χ0n) is 13.9. The summed E-state index contributed by atoms with van der Waals surface area (Å²) in [4.78, 5) is 8.98. The minimum Gasteiger partial charge on any atom is -0.306 e. The quantitative estimate of drug-likeness (QED) is 0.939. The molecule has 0 aromatic carbocycles. The van der Waals surface area contributed by atoms with Crippen LogP contribution in [0.15, 0.2) is 12.4 Å². The third kappa shape index (κ3) is 3.67. The highest BCUT2D eigenvalue weighted by molar-refractivity contribution is 5.31. The summed E-state index contributed by atoms with van der Waals surface area (Å²) in [5.41, 5.74) is 4.51. The van der Waals surface area contributed by atoms with Crippen LogP contribution < -0.4 is 5.32 Å². The SMILES string of the molecule is CCc1c(C)nn(-c2cnc(CNC(C)(C)C)cn2)c1C. The third-order valence-electron chi connectivity index (χ3n) is 3.50. The zero-order chi connectivity index (χ0) is 15.6. The summed E-state index contributed by atoms with van der Waals surface area (Å²) in [5.74, 6) is 0.773. The Morgan fingerprint density at radius 2 is 1.86 bits per heavy atom. The van der Waals surface area contributed by atoms with Crippen LogP contribution in [0.1, 0.15) is 50.3 Å². The smallest absolute Gasteiger partial charge is 0.172 e. The highest BCUT2D eigenvalue weighted by Gasteiger charge is 2.13. The van der Waals surface area contributed by atoms with Crippen molar-refractivity contribution >= 4 is 0 Å². The summed E-state index contributed by atoms with van der Waals surface area (Å²) in [5, 5.41) is 7.97. The van der Waals surface area contributed by atoms with Gasteiger partial charge in [0, 0.05) is 17.8 Å². The van der Waals surface area contributed by atoms with Gasteiger partial charge in [-0.25, -0.2) is 9.67 Å². The molecule has 2 aromatic rings. The molecular formula is C16H25N5. The lowest BCUT2D eigenvalue weighted by Crippen LogP contribution is -2.35.